The molecule has 0 fully saturated rings. The molecule has 0 bridgehead atoms. The van der Waals surface area contributed by atoms with Gasteiger partial charge in [0.1, 0.15) is 6.26 Å². The van der Waals surface area contributed by atoms with Crippen molar-refractivity contribution in [2.24, 2.45) is 0 Å². The predicted molar refractivity (Wildman–Crippen MR) is 84.7 cm³/mol. The predicted octanol–water partition coefficient (Wildman–Crippen LogP) is 3.46. The Balaban J connectivity index is 1.75. The van der Waals surface area contributed by atoms with Gasteiger partial charge in [-0.05, 0) is 17.7 Å². The molecule has 0 amide bonds. The molecule has 0 aliphatic heterocycles. The summed E-state index contributed by atoms with van der Waals surface area (Å²) < 4.78 is 29.8. The summed E-state index contributed by atoms with van der Waals surface area (Å²) in [6.07, 6.45) is 1.41. The maximum Gasteiger partial charge on any atom is 0.226 e. The summed E-state index contributed by atoms with van der Waals surface area (Å²) >= 11 is 0. The van der Waals surface area contributed by atoms with Crippen molar-refractivity contribution in [2.45, 2.75) is 11.5 Å². The number of aromatic nitrogens is 1. The van der Waals surface area contributed by atoms with E-state index in [9.17, 15) is 8.42 Å². The number of rotatable bonds is 5. The largest absolute Gasteiger partial charge is 0.444 e. The molecule has 4 nitrogen and oxygen atoms in total. The Kier molecular flexibility index (Phi) is 4.06. The quantitative estimate of drug-likeness (QED) is 0.724. The Labute approximate surface area is 129 Å². The van der Waals surface area contributed by atoms with Crippen LogP contribution in [-0.4, -0.2) is 13.4 Å². The standard InChI is InChI=1S/C17H15NO3S/c19-22(20,12-14-7-3-1-4-8-14)13-16-11-21-17(18-16)15-9-5-2-6-10-15/h1-11H,12-13H2. The molecule has 2 aromatic carbocycles. The van der Waals surface area contributed by atoms with E-state index in [0.29, 0.717) is 11.6 Å². The molecule has 0 aliphatic rings. The van der Waals surface area contributed by atoms with Gasteiger partial charge in [-0.1, -0.05) is 48.5 Å². The van der Waals surface area contributed by atoms with E-state index in [0.717, 1.165) is 11.1 Å². The minimum Gasteiger partial charge on any atom is -0.444 e. The number of benzene rings is 2. The molecule has 0 unspecified atom stereocenters. The molecule has 3 rings (SSSR count). The number of hydrogen-bond donors (Lipinski definition) is 0. The van der Waals surface area contributed by atoms with Crippen LogP contribution in [0.1, 0.15) is 11.3 Å². The van der Waals surface area contributed by atoms with E-state index in [-0.39, 0.29) is 11.5 Å². The highest BCUT2D eigenvalue weighted by Crippen LogP contribution is 2.19. The van der Waals surface area contributed by atoms with E-state index in [1.165, 1.54) is 6.26 Å². The zero-order valence-corrected chi connectivity index (χ0v) is 12.7. The third-order valence-electron chi connectivity index (χ3n) is 3.17. The maximum atomic E-state index is 12.2. The Bertz CT molecular complexity index is 840. The van der Waals surface area contributed by atoms with Gasteiger partial charge in [-0.15, -0.1) is 0 Å². The van der Waals surface area contributed by atoms with Crippen molar-refractivity contribution < 1.29 is 12.8 Å². The molecule has 0 N–H and O–H groups in total. The lowest BCUT2D eigenvalue weighted by Crippen LogP contribution is -2.07. The second kappa shape index (κ2) is 6.15. The maximum absolute atomic E-state index is 12.2. The van der Waals surface area contributed by atoms with Crippen LogP contribution < -0.4 is 0 Å². The van der Waals surface area contributed by atoms with E-state index >= 15 is 0 Å². The lowest BCUT2D eigenvalue weighted by molar-refractivity contribution is 0.571. The molecule has 22 heavy (non-hydrogen) atoms. The summed E-state index contributed by atoms with van der Waals surface area (Å²) in [5.41, 5.74) is 2.03. The average molecular weight is 313 g/mol. The molecule has 0 saturated carbocycles. The molecule has 1 heterocycles. The summed E-state index contributed by atoms with van der Waals surface area (Å²) in [5.74, 6) is 0.310. The molecular weight excluding hydrogens is 298 g/mol. The molecule has 5 heteroatoms. The van der Waals surface area contributed by atoms with E-state index in [1.54, 1.807) is 12.1 Å². The van der Waals surface area contributed by atoms with Crippen LogP contribution in [-0.2, 0) is 21.3 Å². The smallest absolute Gasteiger partial charge is 0.226 e. The summed E-state index contributed by atoms with van der Waals surface area (Å²) in [6, 6.07) is 18.5. The summed E-state index contributed by atoms with van der Waals surface area (Å²) in [6.45, 7) is 0. The van der Waals surface area contributed by atoms with Gasteiger partial charge in [-0.2, -0.15) is 0 Å². The van der Waals surface area contributed by atoms with Crippen molar-refractivity contribution in [1.82, 2.24) is 4.98 Å². The number of hydrogen-bond acceptors (Lipinski definition) is 4. The van der Waals surface area contributed by atoms with Crippen LogP contribution in [0.5, 0.6) is 0 Å². The van der Waals surface area contributed by atoms with Gasteiger partial charge in [-0.3, -0.25) is 0 Å². The van der Waals surface area contributed by atoms with Crippen LogP contribution >= 0.6 is 0 Å². The van der Waals surface area contributed by atoms with Crippen molar-refractivity contribution in [1.29, 1.82) is 0 Å². The Morgan fingerprint density at radius 2 is 1.50 bits per heavy atom. The average Bonchev–Trinajstić information content (AvgIpc) is 2.96. The summed E-state index contributed by atoms with van der Waals surface area (Å²) in [7, 11) is -3.28. The molecule has 112 valence electrons. The van der Waals surface area contributed by atoms with Gasteiger partial charge in [0.05, 0.1) is 17.2 Å². The number of oxazole rings is 1. The Hall–Kier alpha value is -2.40. The SMILES string of the molecule is O=S(=O)(Cc1ccccc1)Cc1coc(-c2ccccc2)n1. The van der Waals surface area contributed by atoms with Crippen molar-refractivity contribution in [3.63, 3.8) is 0 Å². The van der Waals surface area contributed by atoms with Crippen LogP contribution in [0.2, 0.25) is 0 Å². The van der Waals surface area contributed by atoms with E-state index in [4.69, 9.17) is 4.42 Å². The van der Waals surface area contributed by atoms with Crippen molar-refractivity contribution in [2.75, 3.05) is 0 Å². The monoisotopic (exact) mass is 313 g/mol. The van der Waals surface area contributed by atoms with Crippen molar-refractivity contribution in [3.05, 3.63) is 78.2 Å². The van der Waals surface area contributed by atoms with Crippen LogP contribution in [0.4, 0.5) is 0 Å². The first kappa shape index (κ1) is 14.5. The minimum absolute atomic E-state index is 0.00136. The topological polar surface area (TPSA) is 60.2 Å². The first-order chi connectivity index (χ1) is 10.6. The lowest BCUT2D eigenvalue weighted by Gasteiger charge is -2.02. The van der Waals surface area contributed by atoms with Gasteiger partial charge in [0.15, 0.2) is 9.84 Å². The molecule has 0 atom stereocenters. The molecule has 0 spiro atoms. The highest BCUT2D eigenvalue weighted by molar-refractivity contribution is 7.89. The molecule has 0 radical (unpaired) electrons. The van der Waals surface area contributed by atoms with Gasteiger partial charge < -0.3 is 4.42 Å². The summed E-state index contributed by atoms with van der Waals surface area (Å²) in [5, 5.41) is 0. The highest BCUT2D eigenvalue weighted by atomic mass is 32.2. The second-order valence-electron chi connectivity index (χ2n) is 5.03. The van der Waals surface area contributed by atoms with Gasteiger partial charge in [-0.25, -0.2) is 13.4 Å². The van der Waals surface area contributed by atoms with E-state index in [2.05, 4.69) is 4.98 Å². The van der Waals surface area contributed by atoms with Crippen LogP contribution in [0.15, 0.2) is 71.3 Å². The minimum atomic E-state index is -3.28. The van der Waals surface area contributed by atoms with Gasteiger partial charge in [0.25, 0.3) is 0 Å². The van der Waals surface area contributed by atoms with E-state index < -0.39 is 9.84 Å². The third kappa shape index (κ3) is 3.62. The Morgan fingerprint density at radius 1 is 0.864 bits per heavy atom. The van der Waals surface area contributed by atoms with Crippen molar-refractivity contribution >= 4 is 9.84 Å². The molecule has 1 aromatic heterocycles. The van der Waals surface area contributed by atoms with Gasteiger partial charge >= 0.3 is 0 Å². The van der Waals surface area contributed by atoms with Gasteiger partial charge in [0, 0.05) is 5.56 Å². The number of nitrogens with zero attached hydrogens (tertiary/aromatic N) is 1. The first-order valence-electron chi connectivity index (χ1n) is 6.86. The Morgan fingerprint density at radius 3 is 2.18 bits per heavy atom. The molecule has 0 aliphatic carbocycles. The molecule has 0 saturated heterocycles. The lowest BCUT2D eigenvalue weighted by atomic mass is 10.2. The van der Waals surface area contributed by atoms with Crippen LogP contribution in [0.25, 0.3) is 11.5 Å². The molecular formula is C17H15NO3S. The van der Waals surface area contributed by atoms with Crippen LogP contribution in [0.3, 0.4) is 0 Å². The highest BCUT2D eigenvalue weighted by Gasteiger charge is 2.16. The zero-order valence-electron chi connectivity index (χ0n) is 11.8. The first-order valence-corrected chi connectivity index (χ1v) is 8.69. The van der Waals surface area contributed by atoms with Gasteiger partial charge in [0.2, 0.25) is 5.89 Å². The van der Waals surface area contributed by atoms with Crippen molar-refractivity contribution in [3.8, 4) is 11.5 Å². The zero-order chi connectivity index (χ0) is 15.4. The number of sulfone groups is 1. The third-order valence-corrected chi connectivity index (χ3v) is 4.68. The van der Waals surface area contributed by atoms with Crippen LogP contribution in [0, 0.1) is 0 Å². The fourth-order valence-corrected chi connectivity index (χ4v) is 3.58. The second-order valence-corrected chi connectivity index (χ2v) is 7.09. The fraction of sp³-hybridized carbons (Fsp3) is 0.118. The molecule has 3 aromatic rings. The summed E-state index contributed by atoms with van der Waals surface area (Å²) in [4.78, 5) is 4.26. The van der Waals surface area contributed by atoms with E-state index in [1.807, 2.05) is 48.5 Å². The fourth-order valence-electron chi connectivity index (χ4n) is 2.19. The normalized spacial score (nSPS) is 11.5.